The van der Waals surface area contributed by atoms with Gasteiger partial charge in [-0.1, -0.05) is 61.5 Å². The van der Waals surface area contributed by atoms with Crippen molar-refractivity contribution in [3.8, 4) is 0 Å². The van der Waals surface area contributed by atoms with E-state index < -0.39 is 11.9 Å². The van der Waals surface area contributed by atoms with E-state index in [4.69, 9.17) is 19.8 Å². The number of carboxylic acids is 2. The van der Waals surface area contributed by atoms with Crippen LogP contribution < -0.4 is 0 Å². The van der Waals surface area contributed by atoms with Crippen LogP contribution in [0.4, 0.5) is 0 Å². The summed E-state index contributed by atoms with van der Waals surface area (Å²) in [5.41, 5.74) is 3.95. The first-order valence-electron chi connectivity index (χ1n) is 10.9. The van der Waals surface area contributed by atoms with E-state index in [1.54, 1.807) is 0 Å². The Balaban J connectivity index is 0.000000534. The molecule has 1 aliphatic heterocycles. The van der Waals surface area contributed by atoms with E-state index in [0.717, 1.165) is 38.9 Å². The number of aryl methyl sites for hydroxylation is 1. The van der Waals surface area contributed by atoms with Gasteiger partial charge in [0.25, 0.3) is 0 Å². The van der Waals surface area contributed by atoms with Crippen molar-refractivity contribution in [1.82, 2.24) is 9.80 Å². The summed E-state index contributed by atoms with van der Waals surface area (Å²) >= 11 is 0. The Morgan fingerprint density at radius 1 is 0.875 bits per heavy atom. The minimum atomic E-state index is -1.82. The van der Waals surface area contributed by atoms with Crippen molar-refractivity contribution in [3.05, 3.63) is 71.3 Å². The quantitative estimate of drug-likeness (QED) is 0.669. The molecular weight excluding hydrogens is 408 g/mol. The van der Waals surface area contributed by atoms with E-state index in [9.17, 15) is 4.79 Å². The number of carboxylic acid groups (broad SMARTS) is 2. The fraction of sp³-hybridized carbons (Fsp3) is 0.400. The molecule has 1 aliphatic rings. The van der Waals surface area contributed by atoms with Crippen LogP contribution in [-0.2, 0) is 33.9 Å². The van der Waals surface area contributed by atoms with Gasteiger partial charge in [0.2, 0.25) is 5.91 Å². The number of rotatable bonds is 6. The minimum absolute atomic E-state index is 0.169. The number of amides is 1. The van der Waals surface area contributed by atoms with Crippen LogP contribution in [0.15, 0.2) is 54.6 Å². The van der Waals surface area contributed by atoms with Crippen LogP contribution in [0.2, 0.25) is 0 Å². The van der Waals surface area contributed by atoms with Crippen LogP contribution in [0.25, 0.3) is 0 Å². The lowest BCUT2D eigenvalue weighted by Crippen LogP contribution is -2.40. The third kappa shape index (κ3) is 8.15. The predicted octanol–water partition coefficient (Wildman–Crippen LogP) is 3.28. The second kappa shape index (κ2) is 12.6. The molecule has 0 spiro atoms. The molecule has 32 heavy (non-hydrogen) atoms. The molecule has 172 valence electrons. The van der Waals surface area contributed by atoms with Gasteiger partial charge in [0.15, 0.2) is 0 Å². The molecule has 1 saturated heterocycles. The average Bonchev–Trinajstić information content (AvgIpc) is 2.80. The molecule has 0 saturated carbocycles. The molecule has 0 aliphatic carbocycles. The second-order valence-corrected chi connectivity index (χ2v) is 8.01. The van der Waals surface area contributed by atoms with Crippen LogP contribution in [0.3, 0.4) is 0 Å². The zero-order valence-corrected chi connectivity index (χ0v) is 18.7. The molecule has 7 heteroatoms. The first-order chi connectivity index (χ1) is 15.3. The lowest BCUT2D eigenvalue weighted by atomic mass is 9.94. The minimum Gasteiger partial charge on any atom is -0.473 e. The number of piperidine rings is 1. The molecule has 0 bridgehead atoms. The van der Waals surface area contributed by atoms with Gasteiger partial charge in [-0.25, -0.2) is 9.59 Å². The van der Waals surface area contributed by atoms with E-state index in [-0.39, 0.29) is 5.92 Å². The van der Waals surface area contributed by atoms with Crippen molar-refractivity contribution in [3.63, 3.8) is 0 Å². The normalized spacial score (nSPS) is 14.2. The highest BCUT2D eigenvalue weighted by atomic mass is 16.4. The molecule has 1 amide bonds. The largest absolute Gasteiger partial charge is 0.473 e. The standard InChI is InChI=1S/C23H30N2O.C2H2O4/c1-3-19-9-11-21(12-10-19)18-25-15-13-22(14-16-25)23(26)24(2)17-20-7-5-4-6-8-20;3-1(4)2(5)6/h4-12,22H,3,13-18H2,1-2H3;(H,3,4)(H,5,6). The van der Waals surface area contributed by atoms with Crippen molar-refractivity contribution in [2.75, 3.05) is 20.1 Å². The average molecular weight is 441 g/mol. The van der Waals surface area contributed by atoms with Gasteiger partial charge < -0.3 is 15.1 Å². The molecule has 1 fully saturated rings. The highest BCUT2D eigenvalue weighted by molar-refractivity contribution is 6.27. The van der Waals surface area contributed by atoms with Crippen molar-refractivity contribution in [2.45, 2.75) is 39.3 Å². The topological polar surface area (TPSA) is 98.2 Å². The molecule has 0 radical (unpaired) electrons. The number of benzene rings is 2. The van der Waals surface area contributed by atoms with E-state index in [0.29, 0.717) is 12.5 Å². The van der Waals surface area contributed by atoms with Gasteiger partial charge in [-0.3, -0.25) is 9.69 Å². The lowest BCUT2D eigenvalue weighted by molar-refractivity contribution is -0.159. The Labute approximate surface area is 189 Å². The van der Waals surface area contributed by atoms with Crippen LogP contribution in [0, 0.1) is 5.92 Å². The Bertz CT molecular complexity index is 863. The van der Waals surface area contributed by atoms with Crippen LogP contribution >= 0.6 is 0 Å². The predicted molar refractivity (Wildman–Crippen MR) is 122 cm³/mol. The first kappa shape index (κ1) is 25.1. The number of likely N-dealkylation sites (tertiary alicyclic amines) is 1. The van der Waals surface area contributed by atoms with Crippen LogP contribution in [-0.4, -0.2) is 58.0 Å². The third-order valence-electron chi connectivity index (χ3n) is 5.60. The lowest BCUT2D eigenvalue weighted by Gasteiger charge is -2.33. The van der Waals surface area contributed by atoms with Crippen molar-refractivity contribution in [2.24, 2.45) is 5.92 Å². The summed E-state index contributed by atoms with van der Waals surface area (Å²) in [6, 6.07) is 19.2. The number of carbonyl (C=O) groups is 3. The van der Waals surface area contributed by atoms with Gasteiger partial charge >= 0.3 is 11.9 Å². The highest BCUT2D eigenvalue weighted by Crippen LogP contribution is 2.22. The van der Waals surface area contributed by atoms with Gasteiger partial charge in [-0.15, -0.1) is 0 Å². The summed E-state index contributed by atoms with van der Waals surface area (Å²) in [5, 5.41) is 14.8. The number of hydrogen-bond acceptors (Lipinski definition) is 4. The summed E-state index contributed by atoms with van der Waals surface area (Å²) in [6.45, 7) is 5.89. The number of hydrogen-bond donors (Lipinski definition) is 2. The maximum atomic E-state index is 12.7. The van der Waals surface area contributed by atoms with Gasteiger partial charge in [0.05, 0.1) is 0 Å². The molecule has 2 N–H and O–H groups in total. The Hall–Kier alpha value is -3.19. The van der Waals surface area contributed by atoms with Crippen molar-refractivity contribution < 1.29 is 24.6 Å². The molecule has 2 aromatic carbocycles. The van der Waals surface area contributed by atoms with Gasteiger partial charge in [0.1, 0.15) is 0 Å². The Morgan fingerprint density at radius 2 is 1.41 bits per heavy atom. The zero-order chi connectivity index (χ0) is 23.5. The SMILES string of the molecule is CCc1ccc(CN2CCC(C(=O)N(C)Cc3ccccc3)CC2)cc1.O=C(O)C(=O)O. The fourth-order valence-electron chi connectivity index (χ4n) is 3.72. The summed E-state index contributed by atoms with van der Waals surface area (Å²) in [6.07, 6.45) is 3.01. The molecular formula is C25H32N2O5. The molecule has 7 nitrogen and oxygen atoms in total. The Morgan fingerprint density at radius 3 is 1.91 bits per heavy atom. The molecule has 1 heterocycles. The second-order valence-electron chi connectivity index (χ2n) is 8.01. The highest BCUT2D eigenvalue weighted by Gasteiger charge is 2.27. The number of carbonyl (C=O) groups excluding carboxylic acids is 1. The monoisotopic (exact) mass is 440 g/mol. The molecule has 2 aromatic rings. The summed E-state index contributed by atoms with van der Waals surface area (Å²) in [4.78, 5) is 35.3. The van der Waals surface area contributed by atoms with Crippen molar-refractivity contribution >= 4 is 17.8 Å². The molecule has 0 unspecified atom stereocenters. The van der Waals surface area contributed by atoms with E-state index >= 15 is 0 Å². The molecule has 3 rings (SSSR count). The first-order valence-corrected chi connectivity index (χ1v) is 10.9. The Kier molecular flexibility index (Phi) is 9.88. The van der Waals surface area contributed by atoms with E-state index in [1.807, 2.05) is 30.1 Å². The number of nitrogens with zero attached hydrogens (tertiary/aromatic N) is 2. The fourth-order valence-corrected chi connectivity index (χ4v) is 3.72. The maximum absolute atomic E-state index is 12.7. The molecule has 0 aromatic heterocycles. The third-order valence-corrected chi connectivity index (χ3v) is 5.60. The molecule has 0 atom stereocenters. The summed E-state index contributed by atoms with van der Waals surface area (Å²) in [7, 11) is 1.93. The van der Waals surface area contributed by atoms with Gasteiger partial charge in [0, 0.05) is 26.1 Å². The van der Waals surface area contributed by atoms with Crippen LogP contribution in [0.5, 0.6) is 0 Å². The maximum Gasteiger partial charge on any atom is 0.414 e. The summed E-state index contributed by atoms with van der Waals surface area (Å²) < 4.78 is 0. The van der Waals surface area contributed by atoms with Gasteiger partial charge in [-0.05, 0) is 49.0 Å². The van der Waals surface area contributed by atoms with Gasteiger partial charge in [-0.2, -0.15) is 0 Å². The van der Waals surface area contributed by atoms with E-state index in [2.05, 4.69) is 48.2 Å². The van der Waals surface area contributed by atoms with Crippen molar-refractivity contribution in [1.29, 1.82) is 0 Å². The zero-order valence-electron chi connectivity index (χ0n) is 18.7. The number of aliphatic carboxylic acids is 2. The summed E-state index contributed by atoms with van der Waals surface area (Å²) in [5.74, 6) is -3.19. The van der Waals surface area contributed by atoms with Crippen LogP contribution in [0.1, 0.15) is 36.5 Å². The smallest absolute Gasteiger partial charge is 0.414 e. The van der Waals surface area contributed by atoms with E-state index in [1.165, 1.54) is 16.7 Å².